The summed E-state index contributed by atoms with van der Waals surface area (Å²) < 4.78 is 39.6. The number of aromatic nitrogens is 1. The van der Waals surface area contributed by atoms with Crippen molar-refractivity contribution in [3.8, 4) is 0 Å². The first kappa shape index (κ1) is 15.2. The second-order valence-corrected chi connectivity index (χ2v) is 5.93. The molecule has 2 N–H and O–H groups in total. The zero-order chi connectivity index (χ0) is 15.6. The summed E-state index contributed by atoms with van der Waals surface area (Å²) in [4.78, 5) is 14.5. The highest BCUT2D eigenvalue weighted by Gasteiger charge is 2.23. The number of carboxylic acid groups (broad SMARTS) is 1. The molecule has 0 atom stereocenters. The number of anilines is 1. The Bertz CT molecular complexity index is 811. The maximum absolute atomic E-state index is 13.5. The quantitative estimate of drug-likeness (QED) is 0.897. The van der Waals surface area contributed by atoms with Crippen molar-refractivity contribution < 1.29 is 22.7 Å². The van der Waals surface area contributed by atoms with Crippen LogP contribution in [-0.2, 0) is 10.0 Å². The lowest BCUT2D eigenvalue weighted by atomic mass is 10.2. The van der Waals surface area contributed by atoms with Crippen LogP contribution in [0, 0.1) is 5.82 Å². The van der Waals surface area contributed by atoms with E-state index in [1.54, 1.807) is 0 Å². The maximum Gasteiger partial charge on any atom is 0.337 e. The van der Waals surface area contributed by atoms with Crippen molar-refractivity contribution in [3.05, 3.63) is 52.9 Å². The Balaban J connectivity index is 2.47. The SMILES string of the molecule is O=C(O)c1cc(Cl)ccc1NS(=O)(=O)c1ncccc1F. The van der Waals surface area contributed by atoms with Gasteiger partial charge < -0.3 is 5.11 Å². The molecule has 0 fully saturated rings. The standard InChI is InChI=1S/C12H8ClFN2O4S/c13-7-3-4-10(8(6-7)12(17)18)16-21(19,20)11-9(14)2-1-5-15-11/h1-6,16H,(H,17,18). The summed E-state index contributed by atoms with van der Waals surface area (Å²) >= 11 is 5.66. The van der Waals surface area contributed by atoms with Crippen LogP contribution in [-0.4, -0.2) is 24.5 Å². The Morgan fingerprint density at radius 2 is 2.05 bits per heavy atom. The van der Waals surface area contributed by atoms with Crippen LogP contribution >= 0.6 is 11.6 Å². The summed E-state index contributed by atoms with van der Waals surface area (Å²) in [6, 6.07) is 5.72. The number of carboxylic acids is 1. The molecule has 0 saturated carbocycles. The van der Waals surface area contributed by atoms with Crippen molar-refractivity contribution in [2.45, 2.75) is 5.03 Å². The number of aromatic carboxylic acids is 1. The highest BCUT2D eigenvalue weighted by Crippen LogP contribution is 2.23. The molecule has 0 aliphatic carbocycles. The molecule has 1 aromatic heterocycles. The van der Waals surface area contributed by atoms with E-state index in [1.807, 2.05) is 4.72 Å². The predicted molar refractivity (Wildman–Crippen MR) is 73.4 cm³/mol. The smallest absolute Gasteiger partial charge is 0.337 e. The van der Waals surface area contributed by atoms with Gasteiger partial charge in [-0.05, 0) is 30.3 Å². The van der Waals surface area contributed by atoms with Gasteiger partial charge in [0.05, 0.1) is 11.3 Å². The maximum atomic E-state index is 13.5. The second-order valence-electron chi connectivity index (χ2n) is 3.89. The van der Waals surface area contributed by atoms with Gasteiger partial charge in [0.1, 0.15) is 0 Å². The molecule has 1 heterocycles. The van der Waals surface area contributed by atoms with Gasteiger partial charge in [-0.25, -0.2) is 14.2 Å². The molecule has 0 spiro atoms. The van der Waals surface area contributed by atoms with Crippen LogP contribution in [0.1, 0.15) is 10.4 Å². The minimum Gasteiger partial charge on any atom is -0.478 e. The van der Waals surface area contributed by atoms with Crippen LogP contribution in [0.15, 0.2) is 41.6 Å². The van der Waals surface area contributed by atoms with E-state index >= 15 is 0 Å². The van der Waals surface area contributed by atoms with Crippen molar-refractivity contribution in [2.24, 2.45) is 0 Å². The van der Waals surface area contributed by atoms with E-state index in [4.69, 9.17) is 16.7 Å². The fraction of sp³-hybridized carbons (Fsp3) is 0. The molecule has 0 bridgehead atoms. The summed E-state index contributed by atoms with van der Waals surface area (Å²) in [5.74, 6) is -2.42. The van der Waals surface area contributed by atoms with Gasteiger partial charge >= 0.3 is 5.97 Å². The summed E-state index contributed by atoms with van der Waals surface area (Å²) in [6.07, 6.45) is 1.11. The van der Waals surface area contributed by atoms with E-state index in [1.165, 1.54) is 18.2 Å². The van der Waals surface area contributed by atoms with Gasteiger partial charge in [0, 0.05) is 11.2 Å². The third-order valence-corrected chi connectivity index (χ3v) is 3.97. The van der Waals surface area contributed by atoms with Gasteiger partial charge in [-0.1, -0.05) is 11.6 Å². The predicted octanol–water partition coefficient (Wildman–Crippen LogP) is 2.37. The Morgan fingerprint density at radius 3 is 2.67 bits per heavy atom. The molecular formula is C12H8ClFN2O4S. The number of benzene rings is 1. The number of carbonyl (C=O) groups is 1. The lowest BCUT2D eigenvalue weighted by Gasteiger charge is -2.10. The molecule has 110 valence electrons. The Labute approximate surface area is 124 Å². The van der Waals surface area contributed by atoms with Crippen molar-refractivity contribution in [1.29, 1.82) is 0 Å². The number of sulfonamides is 1. The molecule has 0 saturated heterocycles. The second kappa shape index (κ2) is 5.66. The minimum absolute atomic E-state index is 0.124. The van der Waals surface area contributed by atoms with Gasteiger partial charge in [0.2, 0.25) is 5.03 Å². The molecule has 0 aliphatic heterocycles. The zero-order valence-corrected chi connectivity index (χ0v) is 11.8. The Hall–Kier alpha value is -2.19. The average molecular weight is 331 g/mol. The molecular weight excluding hydrogens is 323 g/mol. The van der Waals surface area contributed by atoms with E-state index in [0.717, 1.165) is 18.3 Å². The van der Waals surface area contributed by atoms with Gasteiger partial charge in [0.15, 0.2) is 5.82 Å². The fourth-order valence-corrected chi connectivity index (χ4v) is 2.81. The van der Waals surface area contributed by atoms with Gasteiger partial charge in [-0.2, -0.15) is 8.42 Å². The number of hydrogen-bond donors (Lipinski definition) is 2. The third kappa shape index (κ3) is 3.29. The van der Waals surface area contributed by atoms with Crippen LogP contribution in [0.3, 0.4) is 0 Å². The third-order valence-electron chi connectivity index (χ3n) is 2.44. The average Bonchev–Trinajstić information content (AvgIpc) is 2.40. The highest BCUT2D eigenvalue weighted by molar-refractivity contribution is 7.92. The van der Waals surface area contributed by atoms with Crippen molar-refractivity contribution in [1.82, 2.24) is 4.98 Å². The first-order valence-corrected chi connectivity index (χ1v) is 7.33. The highest BCUT2D eigenvalue weighted by atomic mass is 35.5. The molecule has 0 amide bonds. The fourth-order valence-electron chi connectivity index (χ4n) is 1.54. The lowest BCUT2D eigenvalue weighted by molar-refractivity contribution is 0.0698. The van der Waals surface area contributed by atoms with Crippen LogP contribution in [0.25, 0.3) is 0 Å². The van der Waals surface area contributed by atoms with E-state index < -0.39 is 26.8 Å². The molecule has 6 nitrogen and oxygen atoms in total. The molecule has 2 rings (SSSR count). The summed E-state index contributed by atoms with van der Waals surface area (Å²) in [6.45, 7) is 0. The van der Waals surface area contributed by atoms with Crippen LogP contribution in [0.2, 0.25) is 5.02 Å². The number of rotatable bonds is 4. The van der Waals surface area contributed by atoms with Crippen molar-refractivity contribution in [2.75, 3.05) is 4.72 Å². The normalized spacial score (nSPS) is 11.1. The van der Waals surface area contributed by atoms with Crippen LogP contribution in [0.5, 0.6) is 0 Å². The number of nitrogens with zero attached hydrogens (tertiary/aromatic N) is 1. The first-order chi connectivity index (χ1) is 9.81. The molecule has 0 radical (unpaired) electrons. The number of pyridine rings is 1. The molecule has 1 aromatic carbocycles. The van der Waals surface area contributed by atoms with E-state index in [9.17, 15) is 17.6 Å². The molecule has 0 unspecified atom stereocenters. The molecule has 0 aliphatic rings. The zero-order valence-electron chi connectivity index (χ0n) is 10.2. The number of hydrogen-bond acceptors (Lipinski definition) is 4. The van der Waals surface area contributed by atoms with Crippen molar-refractivity contribution >= 4 is 33.3 Å². The number of nitrogens with one attached hydrogen (secondary N) is 1. The molecule has 2 aromatic rings. The number of halogens is 2. The van der Waals surface area contributed by atoms with E-state index in [0.29, 0.717) is 0 Å². The Morgan fingerprint density at radius 1 is 1.33 bits per heavy atom. The summed E-state index contributed by atoms with van der Waals surface area (Å²) in [5.41, 5.74) is -0.598. The van der Waals surface area contributed by atoms with Gasteiger partial charge in [0.25, 0.3) is 10.0 Å². The van der Waals surface area contributed by atoms with Gasteiger partial charge in [-0.3, -0.25) is 4.72 Å². The van der Waals surface area contributed by atoms with E-state index in [2.05, 4.69) is 4.98 Å². The largest absolute Gasteiger partial charge is 0.478 e. The van der Waals surface area contributed by atoms with Crippen LogP contribution in [0.4, 0.5) is 10.1 Å². The summed E-state index contributed by atoms with van der Waals surface area (Å²) in [5, 5.41) is 8.33. The Kier molecular flexibility index (Phi) is 4.10. The van der Waals surface area contributed by atoms with E-state index in [-0.39, 0.29) is 16.3 Å². The minimum atomic E-state index is -4.36. The molecule has 21 heavy (non-hydrogen) atoms. The lowest BCUT2D eigenvalue weighted by Crippen LogP contribution is -2.18. The topological polar surface area (TPSA) is 96.4 Å². The summed E-state index contributed by atoms with van der Waals surface area (Å²) in [7, 11) is -4.36. The van der Waals surface area contributed by atoms with Gasteiger partial charge in [-0.15, -0.1) is 0 Å². The van der Waals surface area contributed by atoms with Crippen molar-refractivity contribution in [3.63, 3.8) is 0 Å². The molecule has 9 heteroatoms. The first-order valence-electron chi connectivity index (χ1n) is 5.47. The monoisotopic (exact) mass is 330 g/mol. The van der Waals surface area contributed by atoms with Crippen LogP contribution < -0.4 is 4.72 Å².